The minimum absolute atomic E-state index is 0.210. The molecule has 4 heteroatoms. The number of esters is 1. The molecule has 0 unspecified atom stereocenters. The summed E-state index contributed by atoms with van der Waals surface area (Å²) in [5.74, 6) is -0.714. The average Bonchev–Trinajstić information content (AvgIpc) is 2.74. The lowest BCUT2D eigenvalue weighted by Gasteiger charge is -2.14. The van der Waals surface area contributed by atoms with Gasteiger partial charge in [0.15, 0.2) is 0 Å². The maximum Gasteiger partial charge on any atom is 0.340 e. The fourth-order valence-corrected chi connectivity index (χ4v) is 2.41. The number of methoxy groups -OCH3 is 1. The van der Waals surface area contributed by atoms with Crippen molar-refractivity contribution < 1.29 is 14.3 Å². The summed E-state index contributed by atoms with van der Waals surface area (Å²) >= 11 is 0. The Morgan fingerprint density at radius 3 is 2.45 bits per heavy atom. The molecular formula is C18H19NO3. The molecule has 0 aliphatic carbocycles. The van der Waals surface area contributed by atoms with E-state index in [0.29, 0.717) is 23.4 Å². The van der Waals surface area contributed by atoms with Gasteiger partial charge in [-0.2, -0.15) is 0 Å². The van der Waals surface area contributed by atoms with Crippen LogP contribution in [0.3, 0.4) is 0 Å². The molecule has 0 N–H and O–H groups in total. The third kappa shape index (κ3) is 2.86. The number of aryl methyl sites for hydroxylation is 1. The first-order chi connectivity index (χ1) is 10.5. The molecule has 1 aliphatic heterocycles. The van der Waals surface area contributed by atoms with E-state index >= 15 is 0 Å². The van der Waals surface area contributed by atoms with Gasteiger partial charge < -0.3 is 9.64 Å². The number of benzene rings is 1. The van der Waals surface area contributed by atoms with Gasteiger partial charge in [-0.3, -0.25) is 4.79 Å². The Morgan fingerprint density at radius 1 is 1.27 bits per heavy atom. The van der Waals surface area contributed by atoms with E-state index in [1.54, 1.807) is 19.1 Å². The molecule has 2 rings (SSSR count). The van der Waals surface area contributed by atoms with Crippen molar-refractivity contribution in [2.75, 3.05) is 13.7 Å². The number of allylic oxidation sites excluding steroid dienone is 1. The van der Waals surface area contributed by atoms with Gasteiger partial charge in [0.1, 0.15) is 0 Å². The van der Waals surface area contributed by atoms with Crippen LogP contribution in [-0.4, -0.2) is 30.4 Å². The molecule has 1 aromatic carbocycles. The average molecular weight is 297 g/mol. The number of nitrogens with zero attached hydrogens (tertiary/aromatic N) is 1. The zero-order valence-corrected chi connectivity index (χ0v) is 13.1. The minimum Gasteiger partial charge on any atom is -0.465 e. The molecule has 1 aliphatic rings. The first kappa shape index (κ1) is 15.8. The smallest absolute Gasteiger partial charge is 0.340 e. The van der Waals surface area contributed by atoms with Gasteiger partial charge in [0.2, 0.25) is 0 Å². The summed E-state index contributed by atoms with van der Waals surface area (Å²) in [6.07, 6.45) is 3.35. The Hall–Kier alpha value is -2.62. The summed E-state index contributed by atoms with van der Waals surface area (Å²) in [6, 6.07) is 7.75. The van der Waals surface area contributed by atoms with E-state index in [0.717, 1.165) is 11.1 Å². The number of hydrogen-bond donors (Lipinski definition) is 0. The number of hydrogen-bond acceptors (Lipinski definition) is 3. The van der Waals surface area contributed by atoms with Crippen molar-refractivity contribution in [1.82, 2.24) is 4.90 Å². The molecule has 0 bridgehead atoms. The molecule has 0 aromatic heterocycles. The second-order valence-electron chi connectivity index (χ2n) is 5.13. The molecule has 22 heavy (non-hydrogen) atoms. The summed E-state index contributed by atoms with van der Waals surface area (Å²) < 4.78 is 4.82. The number of rotatable bonds is 4. The lowest BCUT2D eigenvalue weighted by molar-refractivity contribution is -0.136. The van der Waals surface area contributed by atoms with Crippen molar-refractivity contribution >= 4 is 18.0 Å². The van der Waals surface area contributed by atoms with Gasteiger partial charge in [-0.1, -0.05) is 35.9 Å². The van der Waals surface area contributed by atoms with Crippen LogP contribution in [0.2, 0.25) is 0 Å². The van der Waals surface area contributed by atoms with Gasteiger partial charge in [0.05, 0.1) is 18.3 Å². The first-order valence-corrected chi connectivity index (χ1v) is 7.00. The van der Waals surface area contributed by atoms with Crippen LogP contribution in [0.4, 0.5) is 0 Å². The molecule has 1 aromatic rings. The molecular weight excluding hydrogens is 278 g/mol. The predicted molar refractivity (Wildman–Crippen MR) is 85.8 cm³/mol. The molecule has 0 saturated carbocycles. The molecule has 0 radical (unpaired) electrons. The maximum absolute atomic E-state index is 12.6. The monoisotopic (exact) mass is 297 g/mol. The highest BCUT2D eigenvalue weighted by atomic mass is 16.5. The molecule has 1 amide bonds. The fourth-order valence-electron chi connectivity index (χ4n) is 2.41. The molecule has 4 nitrogen and oxygen atoms in total. The van der Waals surface area contributed by atoms with Gasteiger partial charge in [0.25, 0.3) is 5.91 Å². The van der Waals surface area contributed by atoms with Crippen molar-refractivity contribution in [2.24, 2.45) is 0 Å². The van der Waals surface area contributed by atoms with Gasteiger partial charge >= 0.3 is 5.97 Å². The van der Waals surface area contributed by atoms with Crippen molar-refractivity contribution in [3.8, 4) is 0 Å². The summed E-state index contributed by atoms with van der Waals surface area (Å²) in [6.45, 7) is 7.74. The van der Waals surface area contributed by atoms with Crippen LogP contribution >= 0.6 is 0 Å². The van der Waals surface area contributed by atoms with E-state index in [2.05, 4.69) is 6.58 Å². The highest BCUT2D eigenvalue weighted by Gasteiger charge is 2.36. The third-order valence-electron chi connectivity index (χ3n) is 3.60. The summed E-state index contributed by atoms with van der Waals surface area (Å²) in [7, 11) is 1.31. The lowest BCUT2D eigenvalue weighted by Crippen LogP contribution is -2.24. The topological polar surface area (TPSA) is 46.6 Å². The molecule has 0 saturated heterocycles. The lowest BCUT2D eigenvalue weighted by atomic mass is 10.0. The van der Waals surface area contributed by atoms with E-state index in [9.17, 15) is 9.59 Å². The minimum atomic E-state index is -0.504. The van der Waals surface area contributed by atoms with Crippen molar-refractivity contribution in [3.63, 3.8) is 0 Å². The van der Waals surface area contributed by atoms with Gasteiger partial charge in [-0.05, 0) is 25.5 Å². The summed E-state index contributed by atoms with van der Waals surface area (Å²) in [5.41, 5.74) is 3.26. The van der Waals surface area contributed by atoms with E-state index in [1.165, 1.54) is 12.0 Å². The zero-order valence-electron chi connectivity index (χ0n) is 13.1. The predicted octanol–water partition coefficient (Wildman–Crippen LogP) is 2.85. The largest absolute Gasteiger partial charge is 0.465 e. The Labute approximate surface area is 130 Å². The van der Waals surface area contributed by atoms with Gasteiger partial charge in [-0.15, -0.1) is 6.58 Å². The van der Waals surface area contributed by atoms with Crippen LogP contribution in [0, 0.1) is 6.92 Å². The van der Waals surface area contributed by atoms with Gasteiger partial charge in [0, 0.05) is 12.2 Å². The highest BCUT2D eigenvalue weighted by molar-refractivity contribution is 6.16. The van der Waals surface area contributed by atoms with Crippen LogP contribution in [0.25, 0.3) is 6.08 Å². The molecule has 0 atom stereocenters. The van der Waals surface area contributed by atoms with Crippen molar-refractivity contribution in [3.05, 3.63) is 64.9 Å². The number of amides is 1. The van der Waals surface area contributed by atoms with Crippen LogP contribution in [0.5, 0.6) is 0 Å². The molecule has 114 valence electrons. The second-order valence-corrected chi connectivity index (χ2v) is 5.13. The third-order valence-corrected chi connectivity index (χ3v) is 3.60. The number of ether oxygens (including phenoxy) is 1. The number of carbonyl (C=O) groups is 2. The number of carbonyl (C=O) groups excluding carboxylic acids is 2. The van der Waals surface area contributed by atoms with E-state index in [-0.39, 0.29) is 5.91 Å². The molecule has 0 fully saturated rings. The van der Waals surface area contributed by atoms with E-state index in [1.807, 2.05) is 31.2 Å². The first-order valence-electron chi connectivity index (χ1n) is 7.00. The highest BCUT2D eigenvalue weighted by Crippen LogP contribution is 2.31. The quantitative estimate of drug-likeness (QED) is 0.488. The SMILES string of the molecule is C=CCN1C(=O)C(=Cc2ccc(C)cc2)C(C(=O)OC)=C1C. The summed E-state index contributed by atoms with van der Waals surface area (Å²) in [4.78, 5) is 26.1. The Bertz CT molecular complexity index is 681. The van der Waals surface area contributed by atoms with Gasteiger partial charge in [-0.25, -0.2) is 4.79 Å². The second kappa shape index (κ2) is 6.43. The van der Waals surface area contributed by atoms with Crippen molar-refractivity contribution in [1.29, 1.82) is 0 Å². The molecule has 0 spiro atoms. The van der Waals surface area contributed by atoms with Crippen LogP contribution in [-0.2, 0) is 14.3 Å². The fraction of sp³-hybridized carbons (Fsp3) is 0.222. The normalized spacial score (nSPS) is 16.4. The summed E-state index contributed by atoms with van der Waals surface area (Å²) in [5, 5.41) is 0. The van der Waals surface area contributed by atoms with Crippen LogP contribution in [0.1, 0.15) is 18.1 Å². The van der Waals surface area contributed by atoms with Crippen LogP contribution < -0.4 is 0 Å². The Morgan fingerprint density at radius 2 is 1.91 bits per heavy atom. The van der Waals surface area contributed by atoms with E-state index in [4.69, 9.17) is 4.74 Å². The standard InChI is InChI=1S/C18H19NO3/c1-5-10-19-13(3)16(18(21)22-4)15(17(19)20)11-14-8-6-12(2)7-9-14/h5-9,11H,1,10H2,2-4H3. The van der Waals surface area contributed by atoms with Crippen LogP contribution in [0.15, 0.2) is 53.8 Å². The molecule has 1 heterocycles. The van der Waals surface area contributed by atoms with E-state index < -0.39 is 5.97 Å². The Kier molecular flexibility index (Phi) is 4.61. The van der Waals surface area contributed by atoms with Crippen molar-refractivity contribution in [2.45, 2.75) is 13.8 Å². The maximum atomic E-state index is 12.6. The Balaban J connectivity index is 2.52. The zero-order chi connectivity index (χ0) is 16.3.